The van der Waals surface area contributed by atoms with Gasteiger partial charge in [-0.15, -0.1) is 0 Å². The van der Waals surface area contributed by atoms with Crippen molar-refractivity contribution in [2.45, 2.75) is 18.6 Å². The molecule has 2 nitrogen and oxygen atoms in total. The van der Waals surface area contributed by atoms with Crippen LogP contribution in [-0.4, -0.2) is 25.4 Å². The van der Waals surface area contributed by atoms with Gasteiger partial charge in [0.25, 0.3) is 0 Å². The number of halogens is 5. The summed E-state index contributed by atoms with van der Waals surface area (Å²) in [5.74, 6) is -1.50. The van der Waals surface area contributed by atoms with Crippen LogP contribution >= 0.6 is 0 Å². The van der Waals surface area contributed by atoms with Crippen LogP contribution in [0.5, 0.6) is 0 Å². The lowest BCUT2D eigenvalue weighted by atomic mass is 10.1. The van der Waals surface area contributed by atoms with Crippen molar-refractivity contribution in [3.63, 3.8) is 0 Å². The van der Waals surface area contributed by atoms with Gasteiger partial charge in [-0.2, -0.15) is 13.2 Å². The first kappa shape index (κ1) is 14.8. The Kier molecular flexibility index (Phi) is 5.03. The predicted molar refractivity (Wildman–Crippen MR) is 54.9 cm³/mol. The smallest absolute Gasteiger partial charge is 0.370 e. The summed E-state index contributed by atoms with van der Waals surface area (Å²) in [5.41, 5.74) is 5.63. The van der Waals surface area contributed by atoms with Crippen molar-refractivity contribution in [2.24, 2.45) is 5.73 Å². The van der Waals surface area contributed by atoms with Crippen molar-refractivity contribution in [3.05, 3.63) is 35.4 Å². The van der Waals surface area contributed by atoms with Gasteiger partial charge in [-0.25, -0.2) is 8.78 Å². The van der Waals surface area contributed by atoms with Crippen LogP contribution < -0.4 is 5.73 Å². The van der Waals surface area contributed by atoms with E-state index in [1.54, 1.807) is 0 Å². The summed E-state index contributed by atoms with van der Waals surface area (Å²) < 4.78 is 65.5. The molecule has 1 aromatic rings. The van der Waals surface area contributed by atoms with Crippen LogP contribution in [0.3, 0.4) is 0 Å². The zero-order valence-corrected chi connectivity index (χ0v) is 9.31. The average molecular weight is 269 g/mol. The second kappa shape index (κ2) is 6.10. The summed E-state index contributed by atoms with van der Waals surface area (Å²) in [6.45, 7) is -1.75. The third-order valence-electron chi connectivity index (χ3n) is 2.09. The number of rotatable bonds is 5. The molecular weight excluding hydrogens is 257 g/mol. The summed E-state index contributed by atoms with van der Waals surface area (Å²) in [6.07, 6.45) is -4.44. The summed E-state index contributed by atoms with van der Waals surface area (Å²) >= 11 is 0. The normalized spacial score (nSPS) is 13.7. The molecular formula is C11H12F5NO. The van der Waals surface area contributed by atoms with Crippen molar-refractivity contribution >= 4 is 0 Å². The van der Waals surface area contributed by atoms with Crippen LogP contribution in [-0.2, 0) is 11.2 Å². The molecule has 0 aliphatic heterocycles. The summed E-state index contributed by atoms with van der Waals surface area (Å²) in [4.78, 5) is 0. The van der Waals surface area contributed by atoms with E-state index in [-0.39, 0.29) is 18.6 Å². The third-order valence-corrected chi connectivity index (χ3v) is 2.09. The molecule has 0 radical (unpaired) electrons. The van der Waals surface area contributed by atoms with Crippen LogP contribution in [0.1, 0.15) is 5.56 Å². The molecule has 1 rings (SSSR count). The van der Waals surface area contributed by atoms with Gasteiger partial charge < -0.3 is 10.5 Å². The summed E-state index contributed by atoms with van der Waals surface area (Å²) in [6, 6.07) is 2.17. The molecule has 0 heterocycles. The topological polar surface area (TPSA) is 35.2 Å². The van der Waals surface area contributed by atoms with Gasteiger partial charge in [0.2, 0.25) is 0 Å². The highest BCUT2D eigenvalue weighted by atomic mass is 19.4. The Labute approximate surface area is 101 Å². The molecule has 0 saturated heterocycles. The maximum Gasteiger partial charge on any atom is 0.411 e. The van der Waals surface area contributed by atoms with Crippen LogP contribution in [0.25, 0.3) is 0 Å². The van der Waals surface area contributed by atoms with Crippen LogP contribution in [0.2, 0.25) is 0 Å². The molecule has 2 N–H and O–H groups in total. The highest BCUT2D eigenvalue weighted by Crippen LogP contribution is 2.15. The first-order valence-electron chi connectivity index (χ1n) is 5.12. The Hall–Kier alpha value is -1.21. The number of alkyl halides is 3. The average Bonchev–Trinajstić information content (AvgIpc) is 2.20. The van der Waals surface area contributed by atoms with Gasteiger partial charge in [0, 0.05) is 12.1 Å². The number of benzene rings is 1. The largest absolute Gasteiger partial charge is 0.411 e. The summed E-state index contributed by atoms with van der Waals surface area (Å²) in [7, 11) is 0. The van der Waals surface area contributed by atoms with E-state index >= 15 is 0 Å². The van der Waals surface area contributed by atoms with E-state index in [0.717, 1.165) is 6.07 Å². The number of ether oxygens (including phenoxy) is 1. The Balaban J connectivity index is 2.42. The number of nitrogens with two attached hydrogens (primary N) is 1. The van der Waals surface area contributed by atoms with Crippen LogP contribution in [0.15, 0.2) is 18.2 Å². The van der Waals surface area contributed by atoms with E-state index in [4.69, 9.17) is 5.73 Å². The standard InChI is InChI=1S/C11H12F5NO/c12-8-2-1-7(10(13)4-8)3-9(17)5-18-6-11(14,15)16/h1-2,4,9H,3,5-6,17H2. The molecule has 0 saturated carbocycles. The lowest BCUT2D eigenvalue weighted by Gasteiger charge is -2.14. The van der Waals surface area contributed by atoms with E-state index in [9.17, 15) is 22.0 Å². The fraction of sp³-hybridized carbons (Fsp3) is 0.455. The van der Waals surface area contributed by atoms with Gasteiger partial charge in [0.1, 0.15) is 18.2 Å². The Bertz CT molecular complexity index is 394. The predicted octanol–water partition coefficient (Wildman–Crippen LogP) is 2.41. The van der Waals surface area contributed by atoms with Gasteiger partial charge in [0.15, 0.2) is 0 Å². The molecule has 0 aromatic heterocycles. The lowest BCUT2D eigenvalue weighted by molar-refractivity contribution is -0.174. The number of hydrogen-bond acceptors (Lipinski definition) is 2. The molecule has 1 unspecified atom stereocenters. The van der Waals surface area contributed by atoms with Gasteiger partial charge in [-0.1, -0.05) is 6.07 Å². The van der Waals surface area contributed by atoms with Crippen molar-refractivity contribution in [1.29, 1.82) is 0 Å². The van der Waals surface area contributed by atoms with Crippen molar-refractivity contribution < 1.29 is 26.7 Å². The van der Waals surface area contributed by atoms with Crippen LogP contribution in [0.4, 0.5) is 22.0 Å². The molecule has 0 bridgehead atoms. The van der Waals surface area contributed by atoms with Crippen molar-refractivity contribution in [3.8, 4) is 0 Å². The lowest BCUT2D eigenvalue weighted by Crippen LogP contribution is -2.31. The SMILES string of the molecule is NC(COCC(F)(F)F)Cc1ccc(F)cc1F. The van der Waals surface area contributed by atoms with E-state index in [2.05, 4.69) is 4.74 Å². The molecule has 0 aliphatic rings. The minimum atomic E-state index is -4.42. The van der Waals surface area contributed by atoms with Gasteiger partial charge >= 0.3 is 6.18 Å². The van der Waals surface area contributed by atoms with Crippen LogP contribution in [0, 0.1) is 11.6 Å². The Morgan fingerprint density at radius 3 is 2.44 bits per heavy atom. The molecule has 0 fully saturated rings. The highest BCUT2D eigenvalue weighted by Gasteiger charge is 2.27. The molecule has 1 atom stereocenters. The Morgan fingerprint density at radius 1 is 1.22 bits per heavy atom. The second-order valence-corrected chi connectivity index (χ2v) is 3.83. The molecule has 1 aromatic carbocycles. The fourth-order valence-electron chi connectivity index (χ4n) is 1.35. The second-order valence-electron chi connectivity index (χ2n) is 3.83. The maximum absolute atomic E-state index is 13.2. The quantitative estimate of drug-likeness (QED) is 0.833. The van der Waals surface area contributed by atoms with E-state index in [1.165, 1.54) is 6.07 Å². The maximum atomic E-state index is 13.2. The molecule has 18 heavy (non-hydrogen) atoms. The third kappa shape index (κ3) is 5.42. The minimum Gasteiger partial charge on any atom is -0.370 e. The minimum absolute atomic E-state index is 0.0238. The monoisotopic (exact) mass is 269 g/mol. The molecule has 0 spiro atoms. The van der Waals surface area contributed by atoms with E-state index in [1.807, 2.05) is 0 Å². The molecule has 102 valence electrons. The van der Waals surface area contributed by atoms with Crippen molar-refractivity contribution in [2.75, 3.05) is 13.2 Å². The van der Waals surface area contributed by atoms with Gasteiger partial charge in [-0.05, 0) is 18.1 Å². The molecule has 0 aliphatic carbocycles. The van der Waals surface area contributed by atoms with Gasteiger partial charge in [-0.3, -0.25) is 0 Å². The first-order valence-corrected chi connectivity index (χ1v) is 5.12. The number of hydrogen-bond donors (Lipinski definition) is 1. The fourth-order valence-corrected chi connectivity index (χ4v) is 1.35. The zero-order chi connectivity index (χ0) is 13.8. The van der Waals surface area contributed by atoms with Crippen molar-refractivity contribution in [1.82, 2.24) is 0 Å². The Morgan fingerprint density at radius 2 is 1.89 bits per heavy atom. The van der Waals surface area contributed by atoms with Gasteiger partial charge in [0.05, 0.1) is 6.61 Å². The molecule has 0 amide bonds. The van der Waals surface area contributed by atoms with E-state index in [0.29, 0.717) is 6.07 Å². The summed E-state index contributed by atoms with van der Waals surface area (Å²) in [5, 5.41) is 0. The highest BCUT2D eigenvalue weighted by molar-refractivity contribution is 5.19. The zero-order valence-electron chi connectivity index (χ0n) is 9.31. The van der Waals surface area contributed by atoms with E-state index < -0.39 is 30.5 Å². The first-order chi connectivity index (χ1) is 8.28. The molecule has 7 heteroatoms.